The molecule has 0 spiro atoms. The van der Waals surface area contributed by atoms with Crippen molar-refractivity contribution in [1.29, 1.82) is 0 Å². The van der Waals surface area contributed by atoms with Gasteiger partial charge in [-0.15, -0.1) is 0 Å². The molecule has 70 valence electrons. The smallest absolute Gasteiger partial charge is 0.0133 e. The van der Waals surface area contributed by atoms with Crippen molar-refractivity contribution in [3.63, 3.8) is 0 Å². The van der Waals surface area contributed by atoms with Crippen LogP contribution in [0.2, 0.25) is 0 Å². The third-order valence-electron chi connectivity index (χ3n) is 3.80. The summed E-state index contributed by atoms with van der Waals surface area (Å²) in [7, 11) is 0. The highest BCUT2D eigenvalue weighted by atomic mass is 15.2. The Morgan fingerprint density at radius 3 is 2.67 bits per heavy atom. The Morgan fingerprint density at radius 2 is 2.17 bits per heavy atom. The Hall–Kier alpha value is -0.0400. The second-order valence-electron chi connectivity index (χ2n) is 4.81. The van der Waals surface area contributed by atoms with Crippen molar-refractivity contribution < 1.29 is 0 Å². The summed E-state index contributed by atoms with van der Waals surface area (Å²) in [6, 6.07) is 1.75. The van der Waals surface area contributed by atoms with Crippen molar-refractivity contribution in [2.24, 2.45) is 11.8 Å². The van der Waals surface area contributed by atoms with Crippen LogP contribution in [-0.4, -0.2) is 23.5 Å². The average Bonchev–Trinajstić information content (AvgIpc) is 2.55. The molecular formula is C11H21N. The van der Waals surface area contributed by atoms with E-state index in [1.807, 2.05) is 0 Å². The Morgan fingerprint density at radius 1 is 1.42 bits per heavy atom. The highest BCUT2D eigenvalue weighted by Crippen LogP contribution is 2.49. The lowest BCUT2D eigenvalue weighted by molar-refractivity contribution is 0.126. The van der Waals surface area contributed by atoms with E-state index in [2.05, 4.69) is 25.7 Å². The van der Waals surface area contributed by atoms with E-state index in [1.165, 1.54) is 25.8 Å². The zero-order chi connectivity index (χ0) is 8.72. The highest BCUT2D eigenvalue weighted by Gasteiger charge is 2.51. The second kappa shape index (κ2) is 3.02. The fourth-order valence-electron chi connectivity index (χ4n) is 3.13. The van der Waals surface area contributed by atoms with Crippen LogP contribution in [-0.2, 0) is 0 Å². The first kappa shape index (κ1) is 8.55. The van der Waals surface area contributed by atoms with Crippen molar-refractivity contribution in [3.8, 4) is 0 Å². The fourth-order valence-corrected chi connectivity index (χ4v) is 3.13. The van der Waals surface area contributed by atoms with Crippen molar-refractivity contribution in [3.05, 3.63) is 0 Å². The summed E-state index contributed by atoms with van der Waals surface area (Å²) in [5, 5.41) is 0. The van der Waals surface area contributed by atoms with E-state index >= 15 is 0 Å². The number of hydrogen-bond acceptors (Lipinski definition) is 1. The molecule has 2 bridgehead atoms. The maximum absolute atomic E-state index is 2.71. The molecule has 1 saturated carbocycles. The van der Waals surface area contributed by atoms with Crippen LogP contribution in [0.5, 0.6) is 0 Å². The molecule has 2 aliphatic heterocycles. The van der Waals surface area contributed by atoms with Crippen molar-refractivity contribution in [1.82, 2.24) is 4.90 Å². The Labute approximate surface area is 76.1 Å². The quantitative estimate of drug-likeness (QED) is 0.624. The van der Waals surface area contributed by atoms with Crippen molar-refractivity contribution >= 4 is 0 Å². The van der Waals surface area contributed by atoms with Crippen molar-refractivity contribution in [2.75, 3.05) is 6.54 Å². The van der Waals surface area contributed by atoms with Crippen LogP contribution >= 0.6 is 0 Å². The van der Waals surface area contributed by atoms with E-state index in [1.54, 1.807) is 0 Å². The topological polar surface area (TPSA) is 3.24 Å². The van der Waals surface area contributed by atoms with Gasteiger partial charge < -0.3 is 0 Å². The third-order valence-corrected chi connectivity index (χ3v) is 3.80. The van der Waals surface area contributed by atoms with Gasteiger partial charge in [-0.2, -0.15) is 0 Å². The molecule has 3 atom stereocenters. The van der Waals surface area contributed by atoms with Crippen LogP contribution in [0.4, 0.5) is 0 Å². The maximum Gasteiger partial charge on any atom is 0.0133 e. The summed E-state index contributed by atoms with van der Waals surface area (Å²) in [5.41, 5.74) is 0. The first-order valence-electron chi connectivity index (χ1n) is 5.49. The van der Waals surface area contributed by atoms with E-state index in [0.29, 0.717) is 0 Å². The first-order valence-corrected chi connectivity index (χ1v) is 5.49. The van der Waals surface area contributed by atoms with Gasteiger partial charge in [0.25, 0.3) is 0 Å². The summed E-state index contributed by atoms with van der Waals surface area (Å²) in [6.07, 6.45) is 4.35. The van der Waals surface area contributed by atoms with Gasteiger partial charge in [-0.05, 0) is 38.5 Å². The molecule has 2 heterocycles. The van der Waals surface area contributed by atoms with E-state index in [-0.39, 0.29) is 0 Å². The van der Waals surface area contributed by atoms with Gasteiger partial charge in [0, 0.05) is 18.6 Å². The molecule has 0 N–H and O–H groups in total. The van der Waals surface area contributed by atoms with Crippen LogP contribution in [0, 0.1) is 11.8 Å². The highest BCUT2D eigenvalue weighted by molar-refractivity contribution is 5.04. The molecule has 0 aromatic carbocycles. The zero-order valence-corrected chi connectivity index (χ0v) is 8.59. The molecule has 0 aromatic heterocycles. The summed E-state index contributed by atoms with van der Waals surface area (Å²) in [5.74, 6) is 2.13. The minimum atomic E-state index is 0.779. The van der Waals surface area contributed by atoms with E-state index < -0.39 is 0 Å². The normalized spacial score (nSPS) is 40.5. The standard InChI is InChI=1S/C11H21N/c1-4-5-10-9-6-11(10)12(7-9)8(2)3/h8-11H,4-7H2,1-3H3. The van der Waals surface area contributed by atoms with Gasteiger partial charge in [0.05, 0.1) is 0 Å². The molecule has 12 heavy (non-hydrogen) atoms. The molecule has 0 aromatic rings. The van der Waals surface area contributed by atoms with E-state index in [0.717, 1.165) is 23.9 Å². The molecule has 0 amide bonds. The molecule has 1 heteroatoms. The van der Waals surface area contributed by atoms with Gasteiger partial charge in [0.15, 0.2) is 0 Å². The first-order chi connectivity index (χ1) is 5.74. The molecule has 3 rings (SSSR count). The fraction of sp³-hybridized carbons (Fsp3) is 1.00. The predicted octanol–water partition coefficient (Wildman–Crippen LogP) is 2.52. The molecule has 3 fully saturated rings. The molecule has 2 saturated heterocycles. The van der Waals surface area contributed by atoms with Gasteiger partial charge in [0.1, 0.15) is 0 Å². The van der Waals surface area contributed by atoms with Crippen LogP contribution < -0.4 is 0 Å². The Kier molecular flexibility index (Phi) is 2.16. The van der Waals surface area contributed by atoms with Gasteiger partial charge >= 0.3 is 0 Å². The molecule has 1 nitrogen and oxygen atoms in total. The molecule has 3 aliphatic rings. The van der Waals surface area contributed by atoms with E-state index in [4.69, 9.17) is 0 Å². The lowest BCUT2D eigenvalue weighted by atomic mass is 9.71. The van der Waals surface area contributed by atoms with Gasteiger partial charge in [-0.3, -0.25) is 4.90 Å². The number of nitrogens with zero attached hydrogens (tertiary/aromatic N) is 1. The summed E-state index contributed by atoms with van der Waals surface area (Å²) in [4.78, 5) is 2.71. The molecule has 1 aliphatic carbocycles. The summed E-state index contributed by atoms with van der Waals surface area (Å²) >= 11 is 0. The Balaban J connectivity index is 1.93. The molecular weight excluding hydrogens is 146 g/mol. The van der Waals surface area contributed by atoms with Gasteiger partial charge in [-0.1, -0.05) is 13.3 Å². The molecule has 3 unspecified atom stereocenters. The van der Waals surface area contributed by atoms with Crippen molar-refractivity contribution in [2.45, 2.75) is 52.1 Å². The van der Waals surface area contributed by atoms with Crippen LogP contribution in [0.1, 0.15) is 40.0 Å². The number of rotatable bonds is 3. The SMILES string of the molecule is CCCC1C2CC1N(C(C)C)C2. The lowest BCUT2D eigenvalue weighted by Crippen LogP contribution is -2.41. The van der Waals surface area contributed by atoms with E-state index in [9.17, 15) is 0 Å². The Bertz CT molecular complexity index is 164. The number of hydrogen-bond donors (Lipinski definition) is 0. The van der Waals surface area contributed by atoms with Gasteiger partial charge in [-0.25, -0.2) is 0 Å². The third kappa shape index (κ3) is 1.10. The van der Waals surface area contributed by atoms with Crippen LogP contribution in [0.3, 0.4) is 0 Å². The minimum Gasteiger partial charge on any atom is -0.297 e. The van der Waals surface area contributed by atoms with Crippen LogP contribution in [0.25, 0.3) is 0 Å². The summed E-state index contributed by atoms with van der Waals surface area (Å²) in [6.45, 7) is 8.39. The summed E-state index contributed by atoms with van der Waals surface area (Å²) < 4.78 is 0. The lowest BCUT2D eigenvalue weighted by Gasteiger charge is -2.38. The van der Waals surface area contributed by atoms with Crippen LogP contribution in [0.15, 0.2) is 0 Å². The largest absolute Gasteiger partial charge is 0.297 e. The van der Waals surface area contributed by atoms with Gasteiger partial charge in [0.2, 0.25) is 0 Å². The predicted molar refractivity (Wildman–Crippen MR) is 52.1 cm³/mol. The zero-order valence-electron chi connectivity index (χ0n) is 8.59. The molecule has 0 radical (unpaired) electrons. The monoisotopic (exact) mass is 167 g/mol. The average molecular weight is 167 g/mol. The second-order valence-corrected chi connectivity index (χ2v) is 4.81. The number of fused-ring (bicyclic) bond motifs is 1. The maximum atomic E-state index is 2.71. The minimum absolute atomic E-state index is 0.779.